The topological polar surface area (TPSA) is 52.7 Å². The van der Waals surface area contributed by atoms with Gasteiger partial charge in [0, 0.05) is 25.5 Å². The Hall–Kier alpha value is -3.86. The summed E-state index contributed by atoms with van der Waals surface area (Å²) >= 11 is 0. The van der Waals surface area contributed by atoms with Gasteiger partial charge in [-0.25, -0.2) is 4.90 Å². The van der Waals surface area contributed by atoms with E-state index < -0.39 is 0 Å². The van der Waals surface area contributed by atoms with Crippen LogP contribution in [0, 0.1) is 20.8 Å². The Morgan fingerprint density at radius 2 is 1.47 bits per heavy atom. The summed E-state index contributed by atoms with van der Waals surface area (Å²) < 4.78 is 0. The van der Waals surface area contributed by atoms with E-state index in [1.54, 1.807) is 6.07 Å². The minimum atomic E-state index is -0.360. The predicted molar refractivity (Wildman–Crippen MR) is 131 cm³/mol. The van der Waals surface area contributed by atoms with Crippen LogP contribution >= 0.6 is 0 Å². The summed E-state index contributed by atoms with van der Waals surface area (Å²) in [5.41, 5.74) is 6.85. The molecule has 4 rings (SSSR count). The maximum atomic E-state index is 13.7. The zero-order valence-corrected chi connectivity index (χ0v) is 19.1. The van der Waals surface area contributed by atoms with Gasteiger partial charge in [0.1, 0.15) is 5.70 Å². The summed E-state index contributed by atoms with van der Waals surface area (Å²) in [7, 11) is 3.85. The van der Waals surface area contributed by atoms with Gasteiger partial charge in [-0.05, 0) is 62.2 Å². The molecule has 2 amide bonds. The van der Waals surface area contributed by atoms with Crippen LogP contribution in [0.25, 0.3) is 5.57 Å². The zero-order chi connectivity index (χ0) is 23.0. The molecule has 1 aliphatic rings. The number of carbonyl (C=O) groups is 2. The van der Waals surface area contributed by atoms with E-state index in [4.69, 9.17) is 0 Å². The molecule has 1 N–H and O–H groups in total. The Morgan fingerprint density at radius 3 is 2.12 bits per heavy atom. The van der Waals surface area contributed by atoms with E-state index >= 15 is 0 Å². The maximum absolute atomic E-state index is 13.7. The third kappa shape index (κ3) is 3.89. The normalized spacial score (nSPS) is 13.7. The number of rotatable bonds is 5. The second kappa shape index (κ2) is 8.35. The number of aryl methyl sites for hydroxylation is 3. The largest absolute Gasteiger partial charge is 0.378 e. The van der Waals surface area contributed by atoms with E-state index in [1.807, 2.05) is 100 Å². The Labute approximate surface area is 189 Å². The molecule has 3 aromatic rings. The van der Waals surface area contributed by atoms with Gasteiger partial charge in [0.25, 0.3) is 11.8 Å². The number of amides is 2. The first kappa shape index (κ1) is 21.4. The molecule has 3 aromatic carbocycles. The molecule has 0 unspecified atom stereocenters. The van der Waals surface area contributed by atoms with Crippen LogP contribution in [0.2, 0.25) is 0 Å². The van der Waals surface area contributed by atoms with Crippen molar-refractivity contribution >= 4 is 34.4 Å². The molecule has 0 radical (unpaired) electrons. The Balaban J connectivity index is 1.84. The number of nitrogens with zero attached hydrogens (tertiary/aromatic N) is 2. The van der Waals surface area contributed by atoms with Gasteiger partial charge in [0.15, 0.2) is 0 Å². The van der Waals surface area contributed by atoms with Crippen molar-refractivity contribution in [3.8, 4) is 0 Å². The summed E-state index contributed by atoms with van der Waals surface area (Å²) in [5, 5.41) is 3.23. The summed E-state index contributed by atoms with van der Waals surface area (Å²) in [6, 6.07) is 21.1. The number of hydrogen-bond acceptors (Lipinski definition) is 4. The Kier molecular flexibility index (Phi) is 5.57. The van der Waals surface area contributed by atoms with Crippen molar-refractivity contribution in [3.05, 3.63) is 94.7 Å². The predicted octanol–water partition coefficient (Wildman–Crippen LogP) is 5.07. The van der Waals surface area contributed by atoms with Crippen molar-refractivity contribution in [3.63, 3.8) is 0 Å². The van der Waals surface area contributed by atoms with Crippen LogP contribution in [0.15, 0.2) is 72.4 Å². The lowest BCUT2D eigenvalue weighted by atomic mass is 9.97. The maximum Gasteiger partial charge on any atom is 0.282 e. The fourth-order valence-corrected chi connectivity index (χ4v) is 3.92. The summed E-state index contributed by atoms with van der Waals surface area (Å²) in [6.07, 6.45) is 0. The van der Waals surface area contributed by atoms with Crippen LogP contribution in [-0.2, 0) is 9.59 Å². The van der Waals surface area contributed by atoms with Gasteiger partial charge >= 0.3 is 0 Å². The molecule has 5 nitrogen and oxygen atoms in total. The molecule has 0 saturated heterocycles. The SMILES string of the molecule is Cc1ccc(NC2=C(c3ccc(C)cc3C)C(=O)N(c3cccc(N(C)C)c3)C2=O)cc1. The molecular weight excluding hydrogens is 398 g/mol. The van der Waals surface area contributed by atoms with Crippen LogP contribution < -0.4 is 15.1 Å². The zero-order valence-electron chi connectivity index (χ0n) is 19.1. The van der Waals surface area contributed by atoms with Crippen molar-refractivity contribution in [1.82, 2.24) is 0 Å². The first-order valence-corrected chi connectivity index (χ1v) is 10.6. The Morgan fingerprint density at radius 1 is 0.781 bits per heavy atom. The highest BCUT2D eigenvalue weighted by molar-refractivity contribution is 6.46. The summed E-state index contributed by atoms with van der Waals surface area (Å²) in [6.45, 7) is 5.98. The molecule has 1 aliphatic heterocycles. The van der Waals surface area contributed by atoms with E-state index in [-0.39, 0.29) is 11.8 Å². The number of hydrogen-bond donors (Lipinski definition) is 1. The molecule has 32 heavy (non-hydrogen) atoms. The Bertz CT molecular complexity index is 1240. The molecule has 0 fully saturated rings. The molecule has 0 spiro atoms. The van der Waals surface area contributed by atoms with E-state index in [2.05, 4.69) is 5.32 Å². The molecule has 5 heteroatoms. The summed E-state index contributed by atoms with van der Waals surface area (Å²) in [4.78, 5) is 30.5. The van der Waals surface area contributed by atoms with E-state index in [9.17, 15) is 9.59 Å². The number of anilines is 3. The number of carbonyl (C=O) groups excluding carboxylic acids is 2. The van der Waals surface area contributed by atoms with Crippen LogP contribution in [0.3, 0.4) is 0 Å². The molecule has 0 aliphatic carbocycles. The summed E-state index contributed by atoms with van der Waals surface area (Å²) in [5.74, 6) is -0.686. The molecule has 0 atom stereocenters. The van der Waals surface area contributed by atoms with Crippen molar-refractivity contribution < 1.29 is 9.59 Å². The fourth-order valence-electron chi connectivity index (χ4n) is 3.92. The third-order valence-electron chi connectivity index (χ3n) is 5.66. The highest BCUT2D eigenvalue weighted by Crippen LogP contribution is 2.36. The van der Waals surface area contributed by atoms with Crippen molar-refractivity contribution in [2.45, 2.75) is 20.8 Å². The minimum Gasteiger partial charge on any atom is -0.378 e. The van der Waals surface area contributed by atoms with Gasteiger partial charge in [-0.1, -0.05) is 47.5 Å². The van der Waals surface area contributed by atoms with Gasteiger partial charge in [-0.15, -0.1) is 0 Å². The first-order chi connectivity index (χ1) is 15.3. The molecule has 1 heterocycles. The lowest BCUT2D eigenvalue weighted by Crippen LogP contribution is -2.32. The number of nitrogens with one attached hydrogen (secondary N) is 1. The van der Waals surface area contributed by atoms with Gasteiger partial charge < -0.3 is 10.2 Å². The van der Waals surface area contributed by atoms with Crippen LogP contribution in [-0.4, -0.2) is 25.9 Å². The standard InChI is InChI=1S/C27H27N3O2/c1-17-9-12-20(13-10-17)28-25-24(23-14-11-18(2)15-19(23)3)26(31)30(27(25)32)22-8-6-7-21(16-22)29(4)5/h6-16,28H,1-5H3. The molecule has 0 saturated carbocycles. The number of benzene rings is 3. The van der Waals surface area contributed by atoms with Crippen molar-refractivity contribution in [1.29, 1.82) is 0 Å². The van der Waals surface area contributed by atoms with Crippen molar-refractivity contribution in [2.75, 3.05) is 29.2 Å². The first-order valence-electron chi connectivity index (χ1n) is 10.6. The average molecular weight is 426 g/mol. The quantitative estimate of drug-likeness (QED) is 0.580. The third-order valence-corrected chi connectivity index (χ3v) is 5.66. The van der Waals surface area contributed by atoms with Gasteiger partial charge in [0.05, 0.1) is 11.3 Å². The lowest BCUT2D eigenvalue weighted by Gasteiger charge is -2.19. The number of imide groups is 1. The van der Waals surface area contributed by atoms with E-state index in [0.717, 1.165) is 33.6 Å². The lowest BCUT2D eigenvalue weighted by molar-refractivity contribution is -0.120. The minimum absolute atomic E-state index is 0.293. The van der Waals surface area contributed by atoms with Crippen LogP contribution in [0.1, 0.15) is 22.3 Å². The van der Waals surface area contributed by atoms with E-state index in [1.165, 1.54) is 4.90 Å². The fraction of sp³-hybridized carbons (Fsp3) is 0.185. The van der Waals surface area contributed by atoms with Gasteiger partial charge in [-0.2, -0.15) is 0 Å². The highest BCUT2D eigenvalue weighted by atomic mass is 16.2. The molecule has 162 valence electrons. The average Bonchev–Trinajstić information content (AvgIpc) is 2.99. The smallest absolute Gasteiger partial charge is 0.282 e. The monoisotopic (exact) mass is 425 g/mol. The van der Waals surface area contributed by atoms with E-state index in [0.29, 0.717) is 17.0 Å². The highest BCUT2D eigenvalue weighted by Gasteiger charge is 2.40. The molecule has 0 aromatic heterocycles. The molecule has 0 bridgehead atoms. The van der Waals surface area contributed by atoms with Crippen LogP contribution in [0.5, 0.6) is 0 Å². The van der Waals surface area contributed by atoms with Crippen molar-refractivity contribution in [2.24, 2.45) is 0 Å². The molecular formula is C27H27N3O2. The van der Waals surface area contributed by atoms with Crippen LogP contribution in [0.4, 0.5) is 17.1 Å². The van der Waals surface area contributed by atoms with Gasteiger partial charge in [0.2, 0.25) is 0 Å². The van der Waals surface area contributed by atoms with Gasteiger partial charge in [-0.3, -0.25) is 9.59 Å². The second-order valence-corrected chi connectivity index (χ2v) is 8.42. The second-order valence-electron chi connectivity index (χ2n) is 8.42.